The lowest BCUT2D eigenvalue weighted by Gasteiger charge is -2.33. The highest BCUT2D eigenvalue weighted by Crippen LogP contribution is 2.15. The van der Waals surface area contributed by atoms with Crippen LogP contribution in [0.15, 0.2) is 23.3 Å². The zero-order chi connectivity index (χ0) is 20.6. The van der Waals surface area contributed by atoms with E-state index in [0.29, 0.717) is 13.0 Å². The SMILES string of the molecule is CCNC(=NCc1ccnc(N2CCN(C)CC2)c1)NC1CCN(C(=O)CC)C1.I. The van der Waals surface area contributed by atoms with E-state index < -0.39 is 0 Å². The van der Waals surface area contributed by atoms with Crippen molar-refractivity contribution < 1.29 is 4.79 Å². The number of hydrogen-bond acceptors (Lipinski definition) is 5. The van der Waals surface area contributed by atoms with Crippen LogP contribution in [-0.4, -0.2) is 85.6 Å². The van der Waals surface area contributed by atoms with Crippen LogP contribution in [0.1, 0.15) is 32.3 Å². The summed E-state index contributed by atoms with van der Waals surface area (Å²) in [6.45, 7) is 11.1. The van der Waals surface area contributed by atoms with Crippen LogP contribution >= 0.6 is 24.0 Å². The van der Waals surface area contributed by atoms with Gasteiger partial charge in [-0.15, -0.1) is 24.0 Å². The number of hydrogen-bond donors (Lipinski definition) is 2. The number of likely N-dealkylation sites (N-methyl/N-ethyl adjacent to an activating group) is 1. The lowest BCUT2D eigenvalue weighted by atomic mass is 10.2. The molecule has 2 fully saturated rings. The van der Waals surface area contributed by atoms with E-state index in [1.807, 2.05) is 24.1 Å². The van der Waals surface area contributed by atoms with Crippen LogP contribution in [0.3, 0.4) is 0 Å². The molecule has 2 saturated heterocycles. The van der Waals surface area contributed by atoms with Crippen molar-refractivity contribution in [2.24, 2.45) is 4.99 Å². The number of nitrogens with one attached hydrogen (secondary N) is 2. The number of carbonyl (C=O) groups excluding carboxylic acids is 1. The molecule has 2 aliphatic rings. The Balaban J connectivity index is 0.00000320. The van der Waals surface area contributed by atoms with E-state index in [1.165, 1.54) is 0 Å². The standard InChI is InChI=1S/C21H35N7O.HI/c1-4-20(29)28-9-7-18(16-28)25-21(22-5-2)24-15-17-6-8-23-19(14-17)27-12-10-26(3)11-13-27;/h6,8,14,18H,4-5,7,9-13,15-16H2,1-3H3,(H2,22,24,25);1H. The third kappa shape index (κ3) is 6.97. The van der Waals surface area contributed by atoms with Crippen LogP contribution in [0.5, 0.6) is 0 Å². The largest absolute Gasteiger partial charge is 0.357 e. The van der Waals surface area contributed by atoms with Gasteiger partial charge in [0.15, 0.2) is 5.96 Å². The first-order chi connectivity index (χ1) is 14.1. The Morgan fingerprint density at radius 1 is 1.23 bits per heavy atom. The Bertz CT molecular complexity index is 706. The molecule has 0 saturated carbocycles. The lowest BCUT2D eigenvalue weighted by Crippen LogP contribution is -2.45. The number of aliphatic imine (C=N–C) groups is 1. The van der Waals surface area contributed by atoms with E-state index in [1.54, 1.807) is 0 Å². The van der Waals surface area contributed by atoms with Crippen molar-refractivity contribution >= 4 is 41.7 Å². The van der Waals surface area contributed by atoms with E-state index in [4.69, 9.17) is 4.99 Å². The number of aromatic nitrogens is 1. The normalized spacial score (nSPS) is 20.1. The monoisotopic (exact) mass is 529 g/mol. The van der Waals surface area contributed by atoms with Crippen molar-refractivity contribution in [3.05, 3.63) is 23.9 Å². The van der Waals surface area contributed by atoms with Crippen LogP contribution in [0, 0.1) is 0 Å². The average Bonchev–Trinajstić information content (AvgIpc) is 3.21. The Morgan fingerprint density at radius 2 is 2.00 bits per heavy atom. The van der Waals surface area contributed by atoms with Gasteiger partial charge in [-0.3, -0.25) is 4.79 Å². The molecule has 9 heteroatoms. The summed E-state index contributed by atoms with van der Waals surface area (Å²) in [4.78, 5) is 27.9. The Kier molecular flexibility index (Phi) is 10.1. The van der Waals surface area contributed by atoms with Crippen LogP contribution in [0.2, 0.25) is 0 Å². The van der Waals surface area contributed by atoms with Gasteiger partial charge in [0.2, 0.25) is 5.91 Å². The number of rotatable bonds is 6. The number of likely N-dealkylation sites (tertiary alicyclic amines) is 1. The van der Waals surface area contributed by atoms with Crippen molar-refractivity contribution in [1.29, 1.82) is 0 Å². The topological polar surface area (TPSA) is 76.1 Å². The number of piperazine rings is 1. The van der Waals surface area contributed by atoms with Crippen LogP contribution in [0.4, 0.5) is 5.82 Å². The smallest absolute Gasteiger partial charge is 0.222 e. The molecule has 2 aliphatic heterocycles. The van der Waals surface area contributed by atoms with Gasteiger partial charge in [0, 0.05) is 64.5 Å². The van der Waals surface area contributed by atoms with Gasteiger partial charge >= 0.3 is 0 Å². The molecule has 0 radical (unpaired) electrons. The average molecular weight is 529 g/mol. The van der Waals surface area contributed by atoms with E-state index >= 15 is 0 Å². The zero-order valence-electron chi connectivity index (χ0n) is 18.4. The number of guanidine groups is 1. The summed E-state index contributed by atoms with van der Waals surface area (Å²) in [6, 6.07) is 4.43. The van der Waals surface area contributed by atoms with Crippen molar-refractivity contribution in [1.82, 2.24) is 25.4 Å². The maximum absolute atomic E-state index is 11.9. The third-order valence-corrected chi connectivity index (χ3v) is 5.59. The third-order valence-electron chi connectivity index (χ3n) is 5.59. The number of pyridine rings is 1. The molecule has 0 bridgehead atoms. The minimum Gasteiger partial charge on any atom is -0.357 e. The first-order valence-corrected chi connectivity index (χ1v) is 10.8. The molecule has 0 spiro atoms. The van der Waals surface area contributed by atoms with Gasteiger partial charge < -0.3 is 25.3 Å². The second kappa shape index (κ2) is 12.3. The quantitative estimate of drug-likeness (QED) is 0.331. The maximum Gasteiger partial charge on any atom is 0.222 e. The summed E-state index contributed by atoms with van der Waals surface area (Å²) in [5.74, 6) is 2.07. The number of halogens is 1. The lowest BCUT2D eigenvalue weighted by molar-refractivity contribution is -0.129. The van der Waals surface area contributed by atoms with Crippen LogP contribution in [0.25, 0.3) is 0 Å². The highest BCUT2D eigenvalue weighted by Gasteiger charge is 2.25. The van der Waals surface area contributed by atoms with Gasteiger partial charge in [-0.2, -0.15) is 0 Å². The number of amides is 1. The van der Waals surface area contributed by atoms with Gasteiger partial charge in [-0.1, -0.05) is 6.92 Å². The van der Waals surface area contributed by atoms with Crippen LogP contribution < -0.4 is 15.5 Å². The molecule has 2 N–H and O–H groups in total. The summed E-state index contributed by atoms with van der Waals surface area (Å²) in [7, 11) is 2.16. The fourth-order valence-corrected chi connectivity index (χ4v) is 3.78. The molecule has 1 aromatic heterocycles. The summed E-state index contributed by atoms with van der Waals surface area (Å²) >= 11 is 0. The van der Waals surface area contributed by atoms with Crippen molar-refractivity contribution in [2.45, 2.75) is 39.3 Å². The summed E-state index contributed by atoms with van der Waals surface area (Å²) < 4.78 is 0. The molecule has 30 heavy (non-hydrogen) atoms. The number of nitrogens with zero attached hydrogens (tertiary/aromatic N) is 5. The molecule has 3 rings (SSSR count). The van der Waals surface area contributed by atoms with Gasteiger partial charge in [-0.25, -0.2) is 9.98 Å². The molecule has 1 unspecified atom stereocenters. The number of anilines is 1. The van der Waals surface area contributed by atoms with Crippen molar-refractivity contribution in [2.75, 3.05) is 57.8 Å². The summed E-state index contributed by atoms with van der Waals surface area (Å²) in [5.41, 5.74) is 1.15. The van der Waals surface area contributed by atoms with Gasteiger partial charge in [0.25, 0.3) is 0 Å². The Morgan fingerprint density at radius 3 is 2.70 bits per heavy atom. The van der Waals surface area contributed by atoms with Crippen LogP contribution in [-0.2, 0) is 11.3 Å². The highest BCUT2D eigenvalue weighted by atomic mass is 127. The predicted octanol–water partition coefficient (Wildman–Crippen LogP) is 1.52. The molecule has 168 valence electrons. The second-order valence-corrected chi connectivity index (χ2v) is 7.83. The minimum absolute atomic E-state index is 0. The minimum atomic E-state index is 0. The Labute approximate surface area is 197 Å². The molecule has 0 aliphatic carbocycles. The van der Waals surface area contributed by atoms with E-state index in [0.717, 1.165) is 69.6 Å². The van der Waals surface area contributed by atoms with Gasteiger partial charge in [0.1, 0.15) is 5.82 Å². The zero-order valence-corrected chi connectivity index (χ0v) is 20.8. The first kappa shape index (κ1) is 24.6. The molecule has 3 heterocycles. The number of carbonyl (C=O) groups is 1. The molecule has 1 atom stereocenters. The summed E-state index contributed by atoms with van der Waals surface area (Å²) in [6.07, 6.45) is 3.40. The molecule has 8 nitrogen and oxygen atoms in total. The molecule has 0 aromatic carbocycles. The van der Waals surface area contributed by atoms with Gasteiger partial charge in [-0.05, 0) is 38.1 Å². The molecular weight excluding hydrogens is 493 g/mol. The van der Waals surface area contributed by atoms with Crippen molar-refractivity contribution in [3.8, 4) is 0 Å². The molecular formula is C21H36IN7O. The first-order valence-electron chi connectivity index (χ1n) is 10.8. The molecule has 1 aromatic rings. The molecule has 1 amide bonds. The maximum atomic E-state index is 11.9. The Hall–Kier alpha value is -1.62. The van der Waals surface area contributed by atoms with E-state index in [2.05, 4.69) is 45.5 Å². The van der Waals surface area contributed by atoms with Crippen molar-refractivity contribution in [3.63, 3.8) is 0 Å². The van der Waals surface area contributed by atoms with E-state index in [9.17, 15) is 4.79 Å². The van der Waals surface area contributed by atoms with Gasteiger partial charge in [0.05, 0.1) is 6.54 Å². The fraction of sp³-hybridized carbons (Fsp3) is 0.667. The fourth-order valence-electron chi connectivity index (χ4n) is 3.78. The highest BCUT2D eigenvalue weighted by molar-refractivity contribution is 14.0. The second-order valence-electron chi connectivity index (χ2n) is 7.83. The summed E-state index contributed by atoms with van der Waals surface area (Å²) in [5, 5.41) is 6.82. The van der Waals surface area contributed by atoms with E-state index in [-0.39, 0.29) is 35.9 Å². The predicted molar refractivity (Wildman–Crippen MR) is 133 cm³/mol.